The summed E-state index contributed by atoms with van der Waals surface area (Å²) in [6.45, 7) is 25.3. The molecule has 280 valence electrons. The third kappa shape index (κ3) is 12.5. The predicted octanol–water partition coefficient (Wildman–Crippen LogP) is 6.46. The number of carbonyl (C=O) groups is 5. The van der Waals surface area contributed by atoms with Crippen molar-refractivity contribution in [2.45, 2.75) is 112 Å². The van der Waals surface area contributed by atoms with E-state index in [4.69, 9.17) is 14.2 Å². The van der Waals surface area contributed by atoms with Crippen molar-refractivity contribution in [2.75, 3.05) is 32.6 Å². The van der Waals surface area contributed by atoms with Crippen molar-refractivity contribution in [3.05, 3.63) is 54.1 Å². The molecule has 4 amide bonds. The Morgan fingerprint density at radius 3 is 2.04 bits per heavy atom. The van der Waals surface area contributed by atoms with Gasteiger partial charge in [0.2, 0.25) is 11.8 Å². The Kier molecular flexibility index (Phi) is 15.8. The number of likely N-dealkylation sites (N-methyl/N-ethyl adjacent to an activating group) is 2. The molecule has 50 heavy (non-hydrogen) atoms. The van der Waals surface area contributed by atoms with Crippen LogP contribution in [0.25, 0.3) is 0 Å². The molecule has 3 atom stereocenters. The van der Waals surface area contributed by atoms with Gasteiger partial charge in [0.15, 0.2) is 0 Å². The second-order valence-corrected chi connectivity index (χ2v) is 15.4. The fourth-order valence-electron chi connectivity index (χ4n) is 5.41. The molecule has 0 aliphatic carbocycles. The van der Waals surface area contributed by atoms with Gasteiger partial charge in [0.05, 0.1) is 12.6 Å². The lowest BCUT2D eigenvalue weighted by Crippen LogP contribution is -2.63. The number of hydrogen-bond donors (Lipinski definition) is 2. The van der Waals surface area contributed by atoms with E-state index in [0.29, 0.717) is 16.8 Å². The summed E-state index contributed by atoms with van der Waals surface area (Å²) in [5.74, 6) is -1.52. The van der Waals surface area contributed by atoms with E-state index in [2.05, 4.69) is 17.2 Å². The van der Waals surface area contributed by atoms with Crippen LogP contribution in [0.5, 0.6) is 0 Å². The Morgan fingerprint density at radius 2 is 1.54 bits per heavy atom. The van der Waals surface area contributed by atoms with Crippen molar-refractivity contribution in [3.63, 3.8) is 0 Å². The second-order valence-electron chi connectivity index (χ2n) is 15.4. The summed E-state index contributed by atoms with van der Waals surface area (Å²) < 4.78 is 15.9. The first-order chi connectivity index (χ1) is 22.9. The van der Waals surface area contributed by atoms with Gasteiger partial charge in [-0.25, -0.2) is 14.4 Å². The van der Waals surface area contributed by atoms with Crippen LogP contribution in [0.15, 0.2) is 48.6 Å². The molecule has 1 rings (SSSR count). The molecule has 0 unspecified atom stereocenters. The van der Waals surface area contributed by atoms with Gasteiger partial charge in [0, 0.05) is 30.8 Å². The number of anilines is 1. The van der Waals surface area contributed by atoms with Crippen LogP contribution >= 0.6 is 0 Å². The van der Waals surface area contributed by atoms with Gasteiger partial charge in [-0.15, -0.1) is 0 Å². The largest absolute Gasteiger partial charge is 0.463 e. The molecule has 12 nitrogen and oxygen atoms in total. The van der Waals surface area contributed by atoms with Crippen molar-refractivity contribution < 1.29 is 38.2 Å². The van der Waals surface area contributed by atoms with E-state index in [1.54, 1.807) is 85.9 Å². The van der Waals surface area contributed by atoms with Gasteiger partial charge in [-0.3, -0.25) is 19.8 Å². The average molecular weight is 701 g/mol. The Hall–Kier alpha value is -4.35. The molecular weight excluding hydrogens is 640 g/mol. The van der Waals surface area contributed by atoms with E-state index in [0.717, 1.165) is 0 Å². The molecule has 0 aromatic heterocycles. The molecule has 0 saturated heterocycles. The number of amides is 4. The van der Waals surface area contributed by atoms with Gasteiger partial charge in [-0.1, -0.05) is 79.3 Å². The highest BCUT2D eigenvalue weighted by Gasteiger charge is 2.46. The van der Waals surface area contributed by atoms with Crippen LogP contribution in [0, 0.1) is 11.3 Å². The van der Waals surface area contributed by atoms with E-state index in [9.17, 15) is 24.0 Å². The summed E-state index contributed by atoms with van der Waals surface area (Å²) >= 11 is 0. The maximum atomic E-state index is 14.6. The zero-order valence-corrected chi connectivity index (χ0v) is 32.6. The standard InChI is InChI=1S/C38H60N4O8/c1-16-21-49-34(46)39-27-20-18-19-26(23-27)38(12,13)30(42(15)35(47)50-37(9,10)11)31(43)40-29(36(6,7)8)32(44)41(14)28(24(3)4)22-25(5)33(45)48-17-2/h16,18-20,22-24,28-30H,1,17,21H2,2-15H3,(H,39,46)(H,40,43)/b25-22+/t28-,29-,30-/m1/s1. The van der Waals surface area contributed by atoms with Gasteiger partial charge in [0.25, 0.3) is 0 Å². The molecule has 0 aliphatic rings. The van der Waals surface area contributed by atoms with Crippen LogP contribution in [0.2, 0.25) is 0 Å². The number of nitrogens with zero attached hydrogens (tertiary/aromatic N) is 2. The van der Waals surface area contributed by atoms with E-state index < -0.39 is 58.6 Å². The number of esters is 1. The highest BCUT2D eigenvalue weighted by Crippen LogP contribution is 2.34. The molecule has 0 saturated carbocycles. The first-order valence-electron chi connectivity index (χ1n) is 16.9. The van der Waals surface area contributed by atoms with Crippen LogP contribution in [-0.4, -0.2) is 90.8 Å². The summed E-state index contributed by atoms with van der Waals surface area (Å²) in [6.07, 6.45) is 1.75. The second kappa shape index (κ2) is 18.1. The first-order valence-corrected chi connectivity index (χ1v) is 16.9. The van der Waals surface area contributed by atoms with Gasteiger partial charge in [-0.05, 0) is 63.6 Å². The lowest BCUT2D eigenvalue weighted by Gasteiger charge is -2.42. The van der Waals surface area contributed by atoms with Crippen LogP contribution < -0.4 is 10.6 Å². The summed E-state index contributed by atoms with van der Waals surface area (Å²) in [6, 6.07) is 4.18. The van der Waals surface area contributed by atoms with E-state index in [1.807, 2.05) is 34.6 Å². The molecule has 2 N–H and O–H groups in total. The molecule has 12 heteroatoms. The normalized spacial score (nSPS) is 14.1. The number of hydrogen-bond acceptors (Lipinski definition) is 8. The number of ether oxygens (including phenoxy) is 3. The van der Waals surface area contributed by atoms with Crippen LogP contribution in [0.4, 0.5) is 15.3 Å². The quantitative estimate of drug-likeness (QED) is 0.0975. The lowest BCUT2D eigenvalue weighted by molar-refractivity contribution is -0.142. The molecule has 1 aromatic rings. The van der Waals surface area contributed by atoms with Crippen molar-refractivity contribution in [1.82, 2.24) is 15.1 Å². The molecule has 0 fully saturated rings. The third-order valence-electron chi connectivity index (χ3n) is 8.08. The van der Waals surface area contributed by atoms with Crippen molar-refractivity contribution in [3.8, 4) is 0 Å². The number of rotatable bonds is 14. The summed E-state index contributed by atoms with van der Waals surface area (Å²) in [5, 5.41) is 5.65. The molecule has 1 aromatic carbocycles. The number of nitrogens with one attached hydrogen (secondary N) is 2. The highest BCUT2D eigenvalue weighted by molar-refractivity contribution is 5.93. The van der Waals surface area contributed by atoms with Crippen LogP contribution in [-0.2, 0) is 34.0 Å². The molecule has 0 aliphatic heterocycles. The van der Waals surface area contributed by atoms with Gasteiger partial charge in [0.1, 0.15) is 24.3 Å². The Morgan fingerprint density at radius 1 is 0.940 bits per heavy atom. The molecular formula is C38H60N4O8. The van der Waals surface area contributed by atoms with Gasteiger partial charge in [-0.2, -0.15) is 0 Å². The number of carbonyl (C=O) groups excluding carboxylic acids is 5. The van der Waals surface area contributed by atoms with Crippen LogP contribution in [0.3, 0.4) is 0 Å². The lowest BCUT2D eigenvalue weighted by atomic mass is 9.76. The third-order valence-corrected chi connectivity index (χ3v) is 8.08. The van der Waals surface area contributed by atoms with Gasteiger partial charge < -0.3 is 24.4 Å². The smallest absolute Gasteiger partial charge is 0.411 e. The minimum absolute atomic E-state index is 0.0298. The van der Waals surface area contributed by atoms with Crippen molar-refractivity contribution >= 4 is 35.7 Å². The zero-order chi connectivity index (χ0) is 38.8. The van der Waals surface area contributed by atoms with E-state index in [1.165, 1.54) is 22.9 Å². The summed E-state index contributed by atoms with van der Waals surface area (Å²) in [7, 11) is 3.12. The fraction of sp³-hybridized carbons (Fsp3) is 0.605. The summed E-state index contributed by atoms with van der Waals surface area (Å²) in [4.78, 5) is 69.8. The minimum atomic E-state index is -1.19. The van der Waals surface area contributed by atoms with Crippen molar-refractivity contribution in [1.29, 1.82) is 0 Å². The molecule has 0 radical (unpaired) electrons. The highest BCUT2D eigenvalue weighted by atomic mass is 16.6. The van der Waals surface area contributed by atoms with Crippen LogP contribution in [0.1, 0.15) is 88.6 Å². The SMILES string of the molecule is C=CCOC(=O)Nc1cccc(C(C)(C)[C@@H](C(=O)N[C@H](C(=O)N(C)[C@H](/C=C(\C)C(=O)OCC)C(C)C)C(C)(C)C)N(C)C(=O)OC(C)(C)C)c1. The van der Waals surface area contributed by atoms with Gasteiger partial charge >= 0.3 is 18.2 Å². The Labute approximate surface area is 298 Å². The fourth-order valence-corrected chi connectivity index (χ4v) is 5.41. The van der Waals surface area contributed by atoms with Crippen molar-refractivity contribution in [2.24, 2.45) is 11.3 Å². The topological polar surface area (TPSA) is 144 Å². The predicted molar refractivity (Wildman–Crippen MR) is 196 cm³/mol. The Bertz CT molecular complexity index is 1400. The Balaban J connectivity index is 3.71. The number of benzene rings is 1. The monoisotopic (exact) mass is 700 g/mol. The average Bonchev–Trinajstić information content (AvgIpc) is 2.99. The minimum Gasteiger partial charge on any atom is -0.463 e. The molecule has 0 spiro atoms. The zero-order valence-electron chi connectivity index (χ0n) is 32.6. The maximum Gasteiger partial charge on any atom is 0.411 e. The maximum absolute atomic E-state index is 14.6. The summed E-state index contributed by atoms with van der Waals surface area (Å²) in [5.41, 5.74) is -1.30. The van der Waals surface area contributed by atoms with E-state index >= 15 is 0 Å². The first kappa shape index (κ1) is 43.7. The molecule has 0 heterocycles. The van der Waals surface area contributed by atoms with E-state index in [-0.39, 0.29) is 25.0 Å². The molecule has 0 bridgehead atoms.